The molecule has 1 atom stereocenters. The van der Waals surface area contributed by atoms with Crippen LogP contribution in [0.1, 0.15) is 23.1 Å². The van der Waals surface area contributed by atoms with Crippen molar-refractivity contribution in [1.82, 2.24) is 10.2 Å². The lowest BCUT2D eigenvalue weighted by atomic mass is 10.1. The number of rotatable bonds is 3. The standard InChI is InChI=1S/C16H14FN3O/c1-10-7-8-13(17)12(9-10)15-19-20-16(21-15)14(18)11-5-3-2-4-6-11/h2-9,14H,18H2,1H3. The normalized spacial score (nSPS) is 12.3. The first kappa shape index (κ1) is 13.5. The average Bonchev–Trinajstić information content (AvgIpc) is 2.99. The lowest BCUT2D eigenvalue weighted by Gasteiger charge is -2.06. The molecule has 0 amide bonds. The molecule has 0 saturated carbocycles. The molecule has 2 N–H and O–H groups in total. The van der Waals surface area contributed by atoms with Gasteiger partial charge >= 0.3 is 0 Å². The van der Waals surface area contributed by atoms with E-state index in [0.29, 0.717) is 0 Å². The number of aryl methyl sites for hydroxylation is 1. The highest BCUT2D eigenvalue weighted by Gasteiger charge is 2.18. The van der Waals surface area contributed by atoms with Crippen molar-refractivity contribution in [3.8, 4) is 11.5 Å². The molecule has 1 unspecified atom stereocenters. The lowest BCUT2D eigenvalue weighted by Crippen LogP contribution is -2.11. The number of halogens is 1. The molecule has 4 nitrogen and oxygen atoms in total. The highest BCUT2D eigenvalue weighted by atomic mass is 19.1. The Bertz CT molecular complexity index is 755. The van der Waals surface area contributed by atoms with E-state index in [1.54, 1.807) is 12.1 Å². The number of nitrogens with zero attached hydrogens (tertiary/aromatic N) is 2. The van der Waals surface area contributed by atoms with Crippen molar-refractivity contribution in [2.45, 2.75) is 13.0 Å². The zero-order valence-corrected chi connectivity index (χ0v) is 11.5. The Balaban J connectivity index is 1.95. The first-order valence-electron chi connectivity index (χ1n) is 6.55. The Labute approximate surface area is 121 Å². The van der Waals surface area contributed by atoms with Crippen LogP contribution in [0, 0.1) is 12.7 Å². The average molecular weight is 283 g/mol. The molecule has 21 heavy (non-hydrogen) atoms. The summed E-state index contributed by atoms with van der Waals surface area (Å²) in [6, 6.07) is 13.6. The van der Waals surface area contributed by atoms with Gasteiger partial charge in [0.15, 0.2) is 0 Å². The van der Waals surface area contributed by atoms with Crippen LogP contribution in [-0.2, 0) is 0 Å². The van der Waals surface area contributed by atoms with Crippen molar-refractivity contribution in [3.63, 3.8) is 0 Å². The van der Waals surface area contributed by atoms with Gasteiger partial charge < -0.3 is 10.2 Å². The predicted molar refractivity (Wildman–Crippen MR) is 76.9 cm³/mol. The number of nitrogens with two attached hydrogens (primary N) is 1. The Kier molecular flexibility index (Phi) is 3.50. The fourth-order valence-corrected chi connectivity index (χ4v) is 2.08. The van der Waals surface area contributed by atoms with E-state index in [0.717, 1.165) is 11.1 Å². The maximum Gasteiger partial charge on any atom is 0.250 e. The monoisotopic (exact) mass is 283 g/mol. The van der Waals surface area contributed by atoms with Gasteiger partial charge in [0.05, 0.1) is 5.56 Å². The quantitative estimate of drug-likeness (QED) is 0.801. The number of hydrogen-bond acceptors (Lipinski definition) is 4. The van der Waals surface area contributed by atoms with Crippen LogP contribution in [-0.4, -0.2) is 10.2 Å². The summed E-state index contributed by atoms with van der Waals surface area (Å²) in [6.07, 6.45) is 0. The van der Waals surface area contributed by atoms with Gasteiger partial charge in [0.1, 0.15) is 11.9 Å². The van der Waals surface area contributed by atoms with E-state index in [1.807, 2.05) is 37.3 Å². The molecule has 0 fully saturated rings. The molecule has 0 spiro atoms. The van der Waals surface area contributed by atoms with Crippen molar-refractivity contribution in [3.05, 3.63) is 71.4 Å². The van der Waals surface area contributed by atoms with Gasteiger partial charge in [0, 0.05) is 0 Å². The molecule has 5 heteroatoms. The summed E-state index contributed by atoms with van der Waals surface area (Å²) < 4.78 is 19.4. The van der Waals surface area contributed by atoms with E-state index in [4.69, 9.17) is 10.2 Å². The van der Waals surface area contributed by atoms with E-state index in [9.17, 15) is 4.39 Å². The third-order valence-electron chi connectivity index (χ3n) is 3.22. The SMILES string of the molecule is Cc1ccc(F)c(-c2nnc(C(N)c3ccccc3)o2)c1. The van der Waals surface area contributed by atoms with Crippen molar-refractivity contribution in [2.24, 2.45) is 5.73 Å². The molecule has 2 aromatic carbocycles. The summed E-state index contributed by atoms with van der Waals surface area (Å²) in [4.78, 5) is 0. The van der Waals surface area contributed by atoms with Crippen molar-refractivity contribution in [1.29, 1.82) is 0 Å². The van der Waals surface area contributed by atoms with Gasteiger partial charge in [-0.15, -0.1) is 10.2 Å². The largest absolute Gasteiger partial charge is 0.418 e. The Morgan fingerprint density at radius 2 is 1.86 bits per heavy atom. The maximum atomic E-state index is 13.8. The zero-order chi connectivity index (χ0) is 14.8. The van der Waals surface area contributed by atoms with Crippen LogP contribution >= 0.6 is 0 Å². The summed E-state index contributed by atoms with van der Waals surface area (Å²) in [7, 11) is 0. The topological polar surface area (TPSA) is 64.9 Å². The molecule has 0 aliphatic rings. The summed E-state index contributed by atoms with van der Waals surface area (Å²) >= 11 is 0. The summed E-state index contributed by atoms with van der Waals surface area (Å²) in [6.45, 7) is 1.87. The first-order valence-corrected chi connectivity index (χ1v) is 6.55. The van der Waals surface area contributed by atoms with Crippen LogP contribution < -0.4 is 5.73 Å². The molecular weight excluding hydrogens is 269 g/mol. The Hall–Kier alpha value is -2.53. The number of benzene rings is 2. The minimum absolute atomic E-state index is 0.137. The van der Waals surface area contributed by atoms with Crippen LogP contribution in [0.5, 0.6) is 0 Å². The smallest absolute Gasteiger partial charge is 0.250 e. The van der Waals surface area contributed by atoms with E-state index in [-0.39, 0.29) is 17.3 Å². The van der Waals surface area contributed by atoms with Gasteiger partial charge in [0.2, 0.25) is 5.89 Å². The Morgan fingerprint density at radius 3 is 2.62 bits per heavy atom. The third kappa shape index (κ3) is 2.68. The van der Waals surface area contributed by atoms with Crippen LogP contribution in [0.15, 0.2) is 52.9 Å². The number of hydrogen-bond donors (Lipinski definition) is 1. The molecule has 0 radical (unpaired) electrons. The minimum Gasteiger partial charge on any atom is -0.418 e. The van der Waals surface area contributed by atoms with Gasteiger partial charge in [-0.3, -0.25) is 0 Å². The summed E-state index contributed by atoms with van der Waals surface area (Å²) in [5.74, 6) is -0.00114. The molecule has 0 saturated heterocycles. The van der Waals surface area contributed by atoms with E-state index >= 15 is 0 Å². The van der Waals surface area contributed by atoms with Crippen molar-refractivity contribution >= 4 is 0 Å². The van der Waals surface area contributed by atoms with E-state index < -0.39 is 11.9 Å². The van der Waals surface area contributed by atoms with Gasteiger partial charge in [-0.1, -0.05) is 42.0 Å². The minimum atomic E-state index is -0.527. The molecular formula is C16H14FN3O. The summed E-state index contributed by atoms with van der Waals surface area (Å²) in [5.41, 5.74) is 8.15. The molecule has 3 rings (SSSR count). The van der Waals surface area contributed by atoms with Gasteiger partial charge in [0.25, 0.3) is 5.89 Å². The Morgan fingerprint density at radius 1 is 1.10 bits per heavy atom. The van der Waals surface area contributed by atoms with Crippen LogP contribution in [0.25, 0.3) is 11.5 Å². The van der Waals surface area contributed by atoms with Gasteiger partial charge in [-0.2, -0.15) is 0 Å². The van der Waals surface area contributed by atoms with Crippen LogP contribution in [0.2, 0.25) is 0 Å². The van der Waals surface area contributed by atoms with Crippen LogP contribution in [0.3, 0.4) is 0 Å². The first-order chi connectivity index (χ1) is 10.1. The second-order valence-corrected chi connectivity index (χ2v) is 4.82. The van der Waals surface area contributed by atoms with Gasteiger partial charge in [-0.25, -0.2) is 4.39 Å². The maximum absolute atomic E-state index is 13.8. The van der Waals surface area contributed by atoms with Crippen molar-refractivity contribution in [2.75, 3.05) is 0 Å². The van der Waals surface area contributed by atoms with E-state index in [1.165, 1.54) is 6.07 Å². The molecule has 0 aliphatic heterocycles. The second kappa shape index (κ2) is 5.46. The van der Waals surface area contributed by atoms with Crippen molar-refractivity contribution < 1.29 is 8.81 Å². The molecule has 0 aliphatic carbocycles. The van der Waals surface area contributed by atoms with Gasteiger partial charge in [-0.05, 0) is 24.6 Å². The predicted octanol–water partition coefficient (Wildman–Crippen LogP) is 3.23. The second-order valence-electron chi connectivity index (χ2n) is 4.82. The fourth-order valence-electron chi connectivity index (χ4n) is 2.08. The molecule has 3 aromatic rings. The fraction of sp³-hybridized carbons (Fsp3) is 0.125. The molecule has 0 bridgehead atoms. The summed E-state index contributed by atoms with van der Waals surface area (Å²) in [5, 5.41) is 7.83. The third-order valence-corrected chi connectivity index (χ3v) is 3.22. The number of aromatic nitrogens is 2. The lowest BCUT2D eigenvalue weighted by molar-refractivity contribution is 0.481. The zero-order valence-electron chi connectivity index (χ0n) is 11.5. The molecule has 1 aromatic heterocycles. The molecule has 1 heterocycles. The van der Waals surface area contributed by atoms with E-state index in [2.05, 4.69) is 10.2 Å². The van der Waals surface area contributed by atoms with Crippen LogP contribution in [0.4, 0.5) is 4.39 Å². The molecule has 106 valence electrons. The highest BCUT2D eigenvalue weighted by Crippen LogP contribution is 2.25. The highest BCUT2D eigenvalue weighted by molar-refractivity contribution is 5.55.